The summed E-state index contributed by atoms with van der Waals surface area (Å²) in [4.78, 5) is 38.8. The Labute approximate surface area is 200 Å². The second kappa shape index (κ2) is 10.3. The van der Waals surface area contributed by atoms with Crippen molar-refractivity contribution in [3.05, 3.63) is 75.6 Å². The standard InChI is InChI=1S/C28H32N2O4/c1-18(2)14-20-4-6-21(7-5-20)28(33)22-10-12-30(13-11-22)17-23-15-27(32)34-26-16-24(29-19(3)31)8-9-25(23)26/h4-9,15-16,18,22H,10-14,17H2,1-3H3,(H,29,31). The van der Waals surface area contributed by atoms with Gasteiger partial charge in [0.2, 0.25) is 5.91 Å². The fourth-order valence-electron chi connectivity index (χ4n) is 4.75. The molecule has 178 valence electrons. The zero-order chi connectivity index (χ0) is 24.2. The van der Waals surface area contributed by atoms with E-state index in [-0.39, 0.29) is 17.6 Å². The second-order valence-electron chi connectivity index (χ2n) is 9.69. The summed E-state index contributed by atoms with van der Waals surface area (Å²) < 4.78 is 5.37. The molecule has 4 rings (SSSR count). The topological polar surface area (TPSA) is 79.6 Å². The number of amides is 1. The number of ketones is 1. The van der Waals surface area contributed by atoms with Gasteiger partial charge in [0.15, 0.2) is 5.78 Å². The number of Topliss-reactive ketones (excluding diaryl/α,β-unsaturated/α-hetero) is 1. The molecule has 0 bridgehead atoms. The number of rotatable bonds is 7. The number of likely N-dealkylation sites (tertiary alicyclic amines) is 1. The number of hydrogen-bond acceptors (Lipinski definition) is 5. The number of benzene rings is 2. The Morgan fingerprint density at radius 1 is 1.06 bits per heavy atom. The molecule has 1 fully saturated rings. The second-order valence-corrected chi connectivity index (χ2v) is 9.69. The van der Waals surface area contributed by atoms with Gasteiger partial charge in [-0.05, 0) is 61.5 Å². The molecule has 1 N–H and O–H groups in total. The van der Waals surface area contributed by atoms with Crippen LogP contribution in [0.15, 0.2) is 57.7 Å². The monoisotopic (exact) mass is 460 g/mol. The summed E-state index contributed by atoms with van der Waals surface area (Å²) >= 11 is 0. The molecule has 6 nitrogen and oxygen atoms in total. The minimum atomic E-state index is -0.409. The van der Waals surface area contributed by atoms with Crippen molar-refractivity contribution in [3.63, 3.8) is 0 Å². The van der Waals surface area contributed by atoms with Crippen LogP contribution in [0.2, 0.25) is 0 Å². The molecular formula is C28H32N2O4. The number of piperidine rings is 1. The maximum Gasteiger partial charge on any atom is 0.336 e. The number of anilines is 1. The number of hydrogen-bond donors (Lipinski definition) is 1. The highest BCUT2D eigenvalue weighted by atomic mass is 16.4. The molecule has 1 aromatic heterocycles. The molecule has 1 aliphatic rings. The van der Waals surface area contributed by atoms with E-state index in [0.29, 0.717) is 23.7 Å². The molecule has 34 heavy (non-hydrogen) atoms. The third kappa shape index (κ3) is 5.81. The molecule has 3 aromatic rings. The lowest BCUT2D eigenvalue weighted by Gasteiger charge is -2.31. The van der Waals surface area contributed by atoms with Crippen LogP contribution < -0.4 is 10.9 Å². The average Bonchev–Trinajstić information content (AvgIpc) is 2.78. The molecule has 0 unspecified atom stereocenters. The first-order valence-corrected chi connectivity index (χ1v) is 12.0. The van der Waals surface area contributed by atoms with E-state index >= 15 is 0 Å². The largest absolute Gasteiger partial charge is 0.423 e. The zero-order valence-corrected chi connectivity index (χ0v) is 20.1. The molecule has 0 atom stereocenters. The Morgan fingerprint density at radius 3 is 2.41 bits per heavy atom. The molecule has 2 heterocycles. The molecule has 1 saturated heterocycles. The Morgan fingerprint density at radius 2 is 1.76 bits per heavy atom. The predicted octanol–water partition coefficient (Wildman–Crippen LogP) is 5.04. The quantitative estimate of drug-likeness (QED) is 0.394. The van der Waals surface area contributed by atoms with Gasteiger partial charge in [0.25, 0.3) is 0 Å². The van der Waals surface area contributed by atoms with Crippen molar-refractivity contribution in [1.82, 2.24) is 4.90 Å². The lowest BCUT2D eigenvalue weighted by atomic mass is 9.88. The summed E-state index contributed by atoms with van der Waals surface area (Å²) in [6, 6.07) is 15.0. The van der Waals surface area contributed by atoms with Gasteiger partial charge in [0, 0.05) is 48.2 Å². The van der Waals surface area contributed by atoms with Crippen molar-refractivity contribution >= 4 is 28.3 Å². The predicted molar refractivity (Wildman–Crippen MR) is 134 cm³/mol. The van der Waals surface area contributed by atoms with E-state index in [9.17, 15) is 14.4 Å². The van der Waals surface area contributed by atoms with Gasteiger partial charge in [-0.2, -0.15) is 0 Å². The van der Waals surface area contributed by atoms with Crippen LogP contribution in [0.25, 0.3) is 11.0 Å². The van der Waals surface area contributed by atoms with E-state index in [1.807, 2.05) is 24.3 Å². The minimum absolute atomic E-state index is 0.0324. The van der Waals surface area contributed by atoms with Gasteiger partial charge in [0.05, 0.1) is 0 Å². The summed E-state index contributed by atoms with van der Waals surface area (Å²) in [6.07, 6.45) is 2.63. The Hall–Kier alpha value is -3.25. The van der Waals surface area contributed by atoms with Gasteiger partial charge in [-0.15, -0.1) is 0 Å². The minimum Gasteiger partial charge on any atom is -0.423 e. The molecular weight excluding hydrogens is 428 g/mol. The van der Waals surface area contributed by atoms with Crippen molar-refractivity contribution in [3.8, 4) is 0 Å². The smallest absolute Gasteiger partial charge is 0.336 e. The highest BCUT2D eigenvalue weighted by Gasteiger charge is 2.26. The fraction of sp³-hybridized carbons (Fsp3) is 0.393. The fourth-order valence-corrected chi connectivity index (χ4v) is 4.75. The van der Waals surface area contributed by atoms with Crippen molar-refractivity contribution in [2.24, 2.45) is 11.8 Å². The molecule has 0 spiro atoms. The first kappa shape index (κ1) is 23.9. The van der Waals surface area contributed by atoms with Gasteiger partial charge in [0.1, 0.15) is 5.58 Å². The van der Waals surface area contributed by atoms with Gasteiger partial charge in [-0.1, -0.05) is 38.1 Å². The lowest BCUT2D eigenvalue weighted by Crippen LogP contribution is -2.36. The molecule has 0 radical (unpaired) electrons. The van der Waals surface area contributed by atoms with E-state index in [0.717, 1.165) is 48.9 Å². The number of fused-ring (bicyclic) bond motifs is 1. The van der Waals surface area contributed by atoms with Gasteiger partial charge >= 0.3 is 5.63 Å². The van der Waals surface area contributed by atoms with Crippen LogP contribution in [0, 0.1) is 11.8 Å². The van der Waals surface area contributed by atoms with Crippen LogP contribution in [-0.4, -0.2) is 29.7 Å². The van der Waals surface area contributed by atoms with Gasteiger partial charge in [-0.25, -0.2) is 4.79 Å². The summed E-state index contributed by atoms with van der Waals surface area (Å²) in [6.45, 7) is 8.04. The van der Waals surface area contributed by atoms with E-state index in [2.05, 4.69) is 36.2 Å². The average molecular weight is 461 g/mol. The van der Waals surface area contributed by atoms with Crippen molar-refractivity contribution in [1.29, 1.82) is 0 Å². The number of carbonyl (C=O) groups excluding carboxylic acids is 2. The third-order valence-corrected chi connectivity index (χ3v) is 6.39. The number of nitrogens with one attached hydrogen (secondary N) is 1. The third-order valence-electron chi connectivity index (χ3n) is 6.39. The number of nitrogens with zero attached hydrogens (tertiary/aromatic N) is 1. The Bertz CT molecular complexity index is 1240. The Balaban J connectivity index is 1.40. The van der Waals surface area contributed by atoms with Crippen LogP contribution in [0.1, 0.15) is 55.1 Å². The van der Waals surface area contributed by atoms with Crippen LogP contribution in [-0.2, 0) is 17.8 Å². The normalized spacial score (nSPS) is 15.1. The molecule has 0 saturated carbocycles. The molecule has 6 heteroatoms. The first-order valence-electron chi connectivity index (χ1n) is 12.0. The highest BCUT2D eigenvalue weighted by molar-refractivity contribution is 5.98. The van der Waals surface area contributed by atoms with Gasteiger partial charge in [-0.3, -0.25) is 14.5 Å². The van der Waals surface area contributed by atoms with Crippen LogP contribution in [0.5, 0.6) is 0 Å². The summed E-state index contributed by atoms with van der Waals surface area (Å²) in [5, 5.41) is 3.57. The van der Waals surface area contributed by atoms with E-state index < -0.39 is 5.63 Å². The van der Waals surface area contributed by atoms with Crippen LogP contribution in [0.3, 0.4) is 0 Å². The van der Waals surface area contributed by atoms with Crippen molar-refractivity contribution < 1.29 is 14.0 Å². The number of carbonyl (C=O) groups is 2. The van der Waals surface area contributed by atoms with Crippen molar-refractivity contribution in [2.45, 2.75) is 46.6 Å². The summed E-state index contributed by atoms with van der Waals surface area (Å²) in [5.74, 6) is 0.678. The first-order chi connectivity index (χ1) is 16.3. The lowest BCUT2D eigenvalue weighted by molar-refractivity contribution is -0.114. The highest BCUT2D eigenvalue weighted by Crippen LogP contribution is 2.26. The maximum absolute atomic E-state index is 13.0. The van der Waals surface area contributed by atoms with E-state index in [1.54, 1.807) is 6.07 Å². The van der Waals surface area contributed by atoms with E-state index in [1.165, 1.54) is 18.6 Å². The Kier molecular flexibility index (Phi) is 7.27. The maximum atomic E-state index is 13.0. The molecule has 0 aliphatic carbocycles. The van der Waals surface area contributed by atoms with Crippen LogP contribution >= 0.6 is 0 Å². The van der Waals surface area contributed by atoms with E-state index in [4.69, 9.17) is 4.42 Å². The van der Waals surface area contributed by atoms with Crippen LogP contribution in [0.4, 0.5) is 5.69 Å². The zero-order valence-electron chi connectivity index (χ0n) is 20.1. The SMILES string of the molecule is CC(=O)Nc1ccc2c(CN3CCC(C(=O)c4ccc(CC(C)C)cc4)CC3)cc(=O)oc2c1. The van der Waals surface area contributed by atoms with Gasteiger partial charge < -0.3 is 9.73 Å². The molecule has 1 aliphatic heterocycles. The summed E-state index contributed by atoms with van der Waals surface area (Å²) in [7, 11) is 0. The molecule has 1 amide bonds. The molecule has 2 aromatic carbocycles. The van der Waals surface area contributed by atoms with Crippen molar-refractivity contribution in [2.75, 3.05) is 18.4 Å². The summed E-state index contributed by atoms with van der Waals surface area (Å²) in [5.41, 5.74) is 3.61.